The lowest BCUT2D eigenvalue weighted by Crippen LogP contribution is -2.17. The Kier molecular flexibility index (Phi) is 2.28. The largest absolute Gasteiger partial charge is 0.410 e. The number of hydrogen-bond acceptors (Lipinski definition) is 3. The molecule has 0 radical (unpaired) electrons. The number of carbonyl (C=O) groups excluding carboxylic acids is 1. The second-order valence-corrected chi connectivity index (χ2v) is 2.46. The molecule has 0 spiro atoms. The fourth-order valence-corrected chi connectivity index (χ4v) is 0.890. The molecule has 4 nitrogen and oxygen atoms in total. The molecule has 1 aromatic rings. The van der Waals surface area contributed by atoms with Gasteiger partial charge in [0.05, 0.1) is 5.69 Å². The second kappa shape index (κ2) is 3.21. The lowest BCUT2D eigenvalue weighted by molar-refractivity contribution is 0.210. The Labute approximate surface area is 70.4 Å². The van der Waals surface area contributed by atoms with E-state index in [1.54, 1.807) is 19.1 Å². The predicted octanol–water partition coefficient (Wildman–Crippen LogP) is 1.16. The maximum atomic E-state index is 10.4. The summed E-state index contributed by atoms with van der Waals surface area (Å²) in [5.41, 5.74) is 6.38. The number of nitrogens with two attached hydrogens (primary N) is 1. The van der Waals surface area contributed by atoms with Crippen molar-refractivity contribution >= 4 is 6.09 Å². The Balaban J connectivity index is 2.93. The summed E-state index contributed by atoms with van der Waals surface area (Å²) in [6.07, 6.45) is -0.816. The molecule has 12 heavy (non-hydrogen) atoms. The van der Waals surface area contributed by atoms with E-state index in [1.165, 1.54) is 0 Å². The highest BCUT2D eigenvalue weighted by Crippen LogP contribution is 2.14. The molecule has 1 aromatic heterocycles. The number of rotatable bonds is 1. The van der Waals surface area contributed by atoms with Crippen LogP contribution in [0.2, 0.25) is 0 Å². The molecule has 4 heteroatoms. The van der Waals surface area contributed by atoms with Crippen LogP contribution in [0.15, 0.2) is 12.1 Å². The van der Waals surface area contributed by atoms with Crippen molar-refractivity contribution in [3.8, 4) is 5.75 Å². The van der Waals surface area contributed by atoms with Crippen molar-refractivity contribution in [2.75, 3.05) is 0 Å². The van der Waals surface area contributed by atoms with Gasteiger partial charge in [0.1, 0.15) is 0 Å². The summed E-state index contributed by atoms with van der Waals surface area (Å²) >= 11 is 0. The summed E-state index contributed by atoms with van der Waals surface area (Å²) in [6.45, 7) is 3.62. The fourth-order valence-electron chi connectivity index (χ4n) is 0.890. The highest BCUT2D eigenvalue weighted by molar-refractivity contribution is 5.68. The Morgan fingerprint density at radius 3 is 2.67 bits per heavy atom. The first kappa shape index (κ1) is 8.52. The van der Waals surface area contributed by atoms with Crippen molar-refractivity contribution in [1.82, 2.24) is 4.98 Å². The Bertz CT molecular complexity index is 310. The van der Waals surface area contributed by atoms with Gasteiger partial charge < -0.3 is 10.5 Å². The molecule has 0 aliphatic carbocycles. The van der Waals surface area contributed by atoms with E-state index in [0.717, 1.165) is 5.69 Å². The topological polar surface area (TPSA) is 65.2 Å². The van der Waals surface area contributed by atoms with E-state index in [2.05, 4.69) is 9.72 Å². The van der Waals surface area contributed by atoms with E-state index < -0.39 is 6.09 Å². The first-order chi connectivity index (χ1) is 5.59. The third-order valence-corrected chi connectivity index (χ3v) is 1.39. The maximum Gasteiger partial charge on any atom is 0.410 e. The number of pyridine rings is 1. The van der Waals surface area contributed by atoms with Crippen molar-refractivity contribution in [3.63, 3.8) is 0 Å². The molecule has 2 N–H and O–H groups in total. The number of primary amides is 1. The van der Waals surface area contributed by atoms with Crippen molar-refractivity contribution in [3.05, 3.63) is 23.5 Å². The monoisotopic (exact) mass is 166 g/mol. The first-order valence-electron chi connectivity index (χ1n) is 3.51. The third kappa shape index (κ3) is 1.95. The standard InChI is InChI=1S/C8H10N2O2/c1-5-3-4-7(6(2)10-5)12-8(9)11/h3-4H,1-2H3,(H2,9,11). The molecular weight excluding hydrogens is 156 g/mol. The normalized spacial score (nSPS) is 9.50. The zero-order valence-electron chi connectivity index (χ0n) is 7.00. The number of hydrogen-bond donors (Lipinski definition) is 1. The summed E-state index contributed by atoms with van der Waals surface area (Å²) in [7, 11) is 0. The number of aryl methyl sites for hydroxylation is 2. The smallest absolute Gasteiger partial charge is 0.409 e. The van der Waals surface area contributed by atoms with Gasteiger partial charge in [0, 0.05) is 5.69 Å². The van der Waals surface area contributed by atoms with E-state index in [-0.39, 0.29) is 0 Å². The van der Waals surface area contributed by atoms with Crippen molar-refractivity contribution in [2.24, 2.45) is 5.73 Å². The molecule has 0 saturated heterocycles. The zero-order valence-corrected chi connectivity index (χ0v) is 7.00. The molecule has 0 aliphatic heterocycles. The lowest BCUT2D eigenvalue weighted by atomic mass is 10.3. The van der Waals surface area contributed by atoms with Crippen LogP contribution in [0.1, 0.15) is 11.4 Å². The van der Waals surface area contributed by atoms with Gasteiger partial charge in [-0.15, -0.1) is 0 Å². The summed E-state index contributed by atoms with van der Waals surface area (Å²) < 4.78 is 4.68. The molecule has 0 saturated carbocycles. The molecule has 64 valence electrons. The van der Waals surface area contributed by atoms with Gasteiger partial charge in [-0.25, -0.2) is 4.79 Å². The molecule has 1 rings (SSSR count). The molecule has 0 atom stereocenters. The highest BCUT2D eigenvalue weighted by Gasteiger charge is 2.03. The summed E-state index contributed by atoms with van der Waals surface area (Å²) in [5.74, 6) is 0.410. The second-order valence-electron chi connectivity index (χ2n) is 2.46. The van der Waals surface area contributed by atoms with Gasteiger partial charge in [-0.05, 0) is 26.0 Å². The lowest BCUT2D eigenvalue weighted by Gasteiger charge is -2.03. The minimum Gasteiger partial charge on any atom is -0.409 e. The van der Waals surface area contributed by atoms with Crippen LogP contribution in [0.5, 0.6) is 5.75 Å². The summed E-state index contributed by atoms with van der Waals surface area (Å²) in [5, 5.41) is 0. The highest BCUT2D eigenvalue weighted by atomic mass is 16.5. The number of carbonyl (C=O) groups is 1. The van der Waals surface area contributed by atoms with Crippen molar-refractivity contribution in [2.45, 2.75) is 13.8 Å². The van der Waals surface area contributed by atoms with Gasteiger partial charge in [0.25, 0.3) is 0 Å². The Hall–Kier alpha value is -1.58. The molecule has 0 unspecified atom stereocenters. The molecule has 0 bridgehead atoms. The quantitative estimate of drug-likeness (QED) is 0.680. The fraction of sp³-hybridized carbons (Fsp3) is 0.250. The van der Waals surface area contributed by atoms with E-state index in [4.69, 9.17) is 5.73 Å². The van der Waals surface area contributed by atoms with E-state index in [0.29, 0.717) is 11.4 Å². The van der Waals surface area contributed by atoms with Gasteiger partial charge in [0.2, 0.25) is 0 Å². The summed E-state index contributed by atoms with van der Waals surface area (Å²) in [4.78, 5) is 14.5. The number of nitrogens with zero attached hydrogens (tertiary/aromatic N) is 1. The van der Waals surface area contributed by atoms with E-state index >= 15 is 0 Å². The maximum absolute atomic E-state index is 10.4. The average molecular weight is 166 g/mol. The van der Waals surface area contributed by atoms with Crippen molar-refractivity contribution < 1.29 is 9.53 Å². The number of ether oxygens (including phenoxy) is 1. The van der Waals surface area contributed by atoms with Crippen LogP contribution < -0.4 is 10.5 Å². The molecule has 0 fully saturated rings. The zero-order chi connectivity index (χ0) is 9.14. The van der Waals surface area contributed by atoms with E-state index in [9.17, 15) is 4.79 Å². The van der Waals surface area contributed by atoms with Gasteiger partial charge in [-0.3, -0.25) is 4.98 Å². The van der Waals surface area contributed by atoms with Crippen LogP contribution in [-0.4, -0.2) is 11.1 Å². The van der Waals surface area contributed by atoms with Crippen LogP contribution in [0.4, 0.5) is 4.79 Å². The number of aromatic nitrogens is 1. The Morgan fingerprint density at radius 2 is 2.17 bits per heavy atom. The first-order valence-corrected chi connectivity index (χ1v) is 3.51. The van der Waals surface area contributed by atoms with Crippen LogP contribution in [-0.2, 0) is 0 Å². The summed E-state index contributed by atoms with van der Waals surface area (Å²) in [6, 6.07) is 3.42. The van der Waals surface area contributed by atoms with Gasteiger partial charge >= 0.3 is 6.09 Å². The van der Waals surface area contributed by atoms with Crippen LogP contribution in [0.25, 0.3) is 0 Å². The van der Waals surface area contributed by atoms with Crippen molar-refractivity contribution in [1.29, 1.82) is 0 Å². The third-order valence-electron chi connectivity index (χ3n) is 1.39. The average Bonchev–Trinajstić information content (AvgIpc) is 1.94. The molecular formula is C8H10N2O2. The molecule has 0 aliphatic rings. The molecule has 0 aromatic carbocycles. The predicted molar refractivity (Wildman–Crippen MR) is 43.9 cm³/mol. The Morgan fingerprint density at radius 1 is 1.50 bits per heavy atom. The van der Waals surface area contributed by atoms with Gasteiger partial charge in [0.15, 0.2) is 5.75 Å². The minimum atomic E-state index is -0.816. The van der Waals surface area contributed by atoms with Crippen LogP contribution in [0, 0.1) is 13.8 Å². The molecule has 1 amide bonds. The van der Waals surface area contributed by atoms with Gasteiger partial charge in [-0.2, -0.15) is 0 Å². The minimum absolute atomic E-state index is 0.410. The van der Waals surface area contributed by atoms with E-state index in [1.807, 2.05) is 6.92 Å². The number of amides is 1. The molecule has 1 heterocycles. The van der Waals surface area contributed by atoms with Crippen LogP contribution in [0.3, 0.4) is 0 Å². The SMILES string of the molecule is Cc1ccc(OC(N)=O)c(C)n1. The van der Waals surface area contributed by atoms with Gasteiger partial charge in [-0.1, -0.05) is 0 Å². The van der Waals surface area contributed by atoms with Crippen LogP contribution >= 0.6 is 0 Å².